The van der Waals surface area contributed by atoms with E-state index in [4.69, 9.17) is 9.47 Å². The van der Waals surface area contributed by atoms with Crippen LogP contribution in [0.5, 0.6) is 0 Å². The molecule has 0 N–H and O–H groups in total. The Morgan fingerprint density at radius 3 is 2.48 bits per heavy atom. The maximum Gasteiger partial charge on any atom is 0.254 e. The smallest absolute Gasteiger partial charge is 0.254 e. The highest BCUT2D eigenvalue weighted by Gasteiger charge is 2.42. The average molecular weight is 290 g/mol. The van der Waals surface area contributed by atoms with Crippen LogP contribution in [0.25, 0.3) is 0 Å². The summed E-state index contributed by atoms with van der Waals surface area (Å²) in [7, 11) is 3.97. The van der Waals surface area contributed by atoms with Gasteiger partial charge in [0, 0.05) is 38.3 Å². The minimum atomic E-state index is -0.558. The number of piperidine rings is 1. The first-order valence-corrected chi connectivity index (χ1v) is 7.44. The molecule has 0 aromatic heterocycles. The molecule has 2 saturated heterocycles. The van der Waals surface area contributed by atoms with Crippen molar-refractivity contribution in [3.63, 3.8) is 0 Å². The molecule has 114 valence electrons. The molecule has 5 heteroatoms. The molecule has 2 aliphatic heterocycles. The number of nitrogens with zero attached hydrogens (tertiary/aromatic N) is 2. The van der Waals surface area contributed by atoms with Crippen LogP contribution >= 0.6 is 0 Å². The van der Waals surface area contributed by atoms with Crippen molar-refractivity contribution in [2.45, 2.75) is 18.6 Å². The highest BCUT2D eigenvalue weighted by Crippen LogP contribution is 2.30. The van der Waals surface area contributed by atoms with Gasteiger partial charge in [-0.25, -0.2) is 0 Å². The Labute approximate surface area is 125 Å². The molecule has 1 spiro atoms. The zero-order valence-electron chi connectivity index (χ0n) is 12.7. The molecule has 0 atom stereocenters. The number of anilines is 1. The van der Waals surface area contributed by atoms with E-state index >= 15 is 0 Å². The molecule has 0 radical (unpaired) electrons. The molecule has 2 fully saturated rings. The largest absolute Gasteiger partial charge is 0.378 e. The predicted molar refractivity (Wildman–Crippen MR) is 80.5 cm³/mol. The summed E-state index contributed by atoms with van der Waals surface area (Å²) in [6.45, 7) is 2.54. The zero-order chi connectivity index (χ0) is 14.9. The minimum absolute atomic E-state index is 0.0541. The maximum absolute atomic E-state index is 12.6. The van der Waals surface area contributed by atoms with Gasteiger partial charge in [-0.2, -0.15) is 0 Å². The van der Waals surface area contributed by atoms with Crippen molar-refractivity contribution in [3.8, 4) is 0 Å². The van der Waals surface area contributed by atoms with E-state index in [1.165, 1.54) is 0 Å². The molecule has 1 aromatic carbocycles. The fraction of sp³-hybridized carbons (Fsp3) is 0.562. The lowest BCUT2D eigenvalue weighted by Crippen LogP contribution is -2.51. The van der Waals surface area contributed by atoms with Gasteiger partial charge in [-0.3, -0.25) is 4.79 Å². The Balaban J connectivity index is 1.72. The molecular formula is C16H22N2O3. The summed E-state index contributed by atoms with van der Waals surface area (Å²) >= 11 is 0. The van der Waals surface area contributed by atoms with Crippen LogP contribution in [0.15, 0.2) is 24.3 Å². The highest BCUT2D eigenvalue weighted by molar-refractivity contribution is 5.94. The maximum atomic E-state index is 12.6. The third kappa shape index (κ3) is 2.89. The van der Waals surface area contributed by atoms with Gasteiger partial charge >= 0.3 is 0 Å². The summed E-state index contributed by atoms with van der Waals surface area (Å²) < 4.78 is 11.5. The fourth-order valence-corrected chi connectivity index (χ4v) is 2.98. The summed E-state index contributed by atoms with van der Waals surface area (Å²) in [5, 5.41) is 0. The Bertz CT molecular complexity index is 507. The Morgan fingerprint density at radius 2 is 1.86 bits per heavy atom. The van der Waals surface area contributed by atoms with Crippen LogP contribution in [0.2, 0.25) is 0 Å². The number of carbonyl (C=O) groups excluding carboxylic acids is 1. The van der Waals surface area contributed by atoms with E-state index in [1.807, 2.05) is 48.2 Å². The van der Waals surface area contributed by atoms with Crippen LogP contribution in [-0.4, -0.2) is 57.0 Å². The Morgan fingerprint density at radius 1 is 1.19 bits per heavy atom. The first-order chi connectivity index (χ1) is 10.1. The number of ether oxygens (including phenoxy) is 2. The van der Waals surface area contributed by atoms with Gasteiger partial charge in [-0.1, -0.05) is 0 Å². The van der Waals surface area contributed by atoms with Crippen molar-refractivity contribution in [2.24, 2.45) is 0 Å². The van der Waals surface area contributed by atoms with E-state index in [1.54, 1.807) is 0 Å². The van der Waals surface area contributed by atoms with E-state index in [0.717, 1.165) is 30.6 Å². The van der Waals surface area contributed by atoms with Crippen LogP contribution in [-0.2, 0) is 9.47 Å². The summed E-state index contributed by atoms with van der Waals surface area (Å²) in [4.78, 5) is 16.5. The van der Waals surface area contributed by atoms with Crippen molar-refractivity contribution in [1.29, 1.82) is 0 Å². The molecule has 0 unspecified atom stereocenters. The van der Waals surface area contributed by atoms with Crippen molar-refractivity contribution in [3.05, 3.63) is 29.8 Å². The lowest BCUT2D eigenvalue weighted by Gasteiger charge is -2.38. The SMILES string of the molecule is CN(C)c1ccc(C(=O)N2CCCC3(C2)OCCO3)cc1. The number of amides is 1. The minimum Gasteiger partial charge on any atom is -0.378 e. The van der Waals surface area contributed by atoms with Gasteiger partial charge in [0.2, 0.25) is 0 Å². The molecule has 2 aliphatic rings. The highest BCUT2D eigenvalue weighted by atomic mass is 16.7. The lowest BCUT2D eigenvalue weighted by molar-refractivity contribution is -0.183. The number of likely N-dealkylation sites (tertiary alicyclic amines) is 1. The summed E-state index contributed by atoms with van der Waals surface area (Å²) in [6, 6.07) is 7.70. The quantitative estimate of drug-likeness (QED) is 0.832. The van der Waals surface area contributed by atoms with Crippen LogP contribution in [0.3, 0.4) is 0 Å². The van der Waals surface area contributed by atoms with Crippen molar-refractivity contribution in [1.82, 2.24) is 4.90 Å². The van der Waals surface area contributed by atoms with Gasteiger partial charge in [0.25, 0.3) is 5.91 Å². The summed E-state index contributed by atoms with van der Waals surface area (Å²) in [5.74, 6) is -0.504. The average Bonchev–Trinajstić information content (AvgIpc) is 2.94. The molecule has 2 heterocycles. The van der Waals surface area contributed by atoms with Crippen LogP contribution in [0.4, 0.5) is 5.69 Å². The molecule has 0 bridgehead atoms. The standard InChI is InChI=1S/C16H22N2O3/c1-17(2)14-6-4-13(5-7-14)15(19)18-9-3-8-16(12-18)20-10-11-21-16/h4-7H,3,8-12H2,1-2H3. The van der Waals surface area contributed by atoms with Gasteiger partial charge in [0.15, 0.2) is 5.79 Å². The molecular weight excluding hydrogens is 268 g/mol. The topological polar surface area (TPSA) is 42.0 Å². The first kappa shape index (κ1) is 14.4. The third-order valence-electron chi connectivity index (χ3n) is 4.15. The normalized spacial score (nSPS) is 20.8. The number of benzene rings is 1. The molecule has 5 nitrogen and oxygen atoms in total. The first-order valence-electron chi connectivity index (χ1n) is 7.44. The van der Waals surface area contributed by atoms with Gasteiger partial charge in [-0.05, 0) is 30.7 Å². The van der Waals surface area contributed by atoms with Gasteiger partial charge in [0.05, 0.1) is 19.8 Å². The zero-order valence-corrected chi connectivity index (χ0v) is 12.7. The van der Waals surface area contributed by atoms with E-state index in [-0.39, 0.29) is 5.91 Å². The van der Waals surface area contributed by atoms with Gasteiger partial charge < -0.3 is 19.3 Å². The Hall–Kier alpha value is -1.59. The molecule has 1 amide bonds. The van der Waals surface area contributed by atoms with Gasteiger partial charge in [-0.15, -0.1) is 0 Å². The number of rotatable bonds is 2. The Kier molecular flexibility index (Phi) is 3.87. The summed E-state index contributed by atoms with van der Waals surface area (Å²) in [6.07, 6.45) is 1.79. The fourth-order valence-electron chi connectivity index (χ4n) is 2.98. The monoisotopic (exact) mass is 290 g/mol. The van der Waals surface area contributed by atoms with E-state index in [0.29, 0.717) is 19.8 Å². The van der Waals surface area contributed by atoms with Gasteiger partial charge in [0.1, 0.15) is 0 Å². The summed E-state index contributed by atoms with van der Waals surface area (Å²) in [5.41, 5.74) is 1.81. The number of hydrogen-bond acceptors (Lipinski definition) is 4. The van der Waals surface area contributed by atoms with Crippen LogP contribution in [0.1, 0.15) is 23.2 Å². The van der Waals surface area contributed by atoms with Crippen molar-refractivity contribution < 1.29 is 14.3 Å². The van der Waals surface area contributed by atoms with Crippen molar-refractivity contribution in [2.75, 3.05) is 45.3 Å². The van der Waals surface area contributed by atoms with E-state index < -0.39 is 5.79 Å². The molecule has 0 aliphatic carbocycles. The number of hydrogen-bond donors (Lipinski definition) is 0. The molecule has 0 saturated carbocycles. The molecule has 21 heavy (non-hydrogen) atoms. The van der Waals surface area contributed by atoms with Crippen LogP contribution in [0, 0.1) is 0 Å². The van der Waals surface area contributed by atoms with Crippen molar-refractivity contribution >= 4 is 11.6 Å². The molecule has 1 aromatic rings. The lowest BCUT2D eigenvalue weighted by atomic mass is 10.0. The van der Waals surface area contributed by atoms with Crippen LogP contribution < -0.4 is 4.90 Å². The second-order valence-electron chi connectivity index (χ2n) is 5.88. The molecule has 3 rings (SSSR count). The van der Waals surface area contributed by atoms with E-state index in [9.17, 15) is 4.79 Å². The van der Waals surface area contributed by atoms with E-state index in [2.05, 4.69) is 0 Å². The predicted octanol–water partition coefficient (Wildman–Crippen LogP) is 1.73. The second-order valence-corrected chi connectivity index (χ2v) is 5.88. The third-order valence-corrected chi connectivity index (χ3v) is 4.15. The number of carbonyl (C=O) groups is 1. The second kappa shape index (κ2) is 5.66.